The fourth-order valence-electron chi connectivity index (χ4n) is 2.72. The van der Waals surface area contributed by atoms with Crippen molar-refractivity contribution in [3.05, 3.63) is 53.9 Å². The first-order chi connectivity index (χ1) is 14.0. The van der Waals surface area contributed by atoms with Gasteiger partial charge in [-0.2, -0.15) is 4.98 Å². The first-order valence-electron chi connectivity index (χ1n) is 8.65. The van der Waals surface area contributed by atoms with Crippen molar-refractivity contribution in [1.29, 1.82) is 0 Å². The summed E-state index contributed by atoms with van der Waals surface area (Å²) >= 11 is 0. The number of carbonyl (C=O) groups is 1. The van der Waals surface area contributed by atoms with Gasteiger partial charge in [-0.3, -0.25) is 0 Å². The predicted molar refractivity (Wildman–Crippen MR) is 103 cm³/mol. The number of methoxy groups -OCH3 is 3. The van der Waals surface area contributed by atoms with E-state index in [9.17, 15) is 9.90 Å². The third-order valence-corrected chi connectivity index (χ3v) is 4.11. The largest absolute Gasteiger partial charge is 0.550 e. The number of aliphatic carboxylic acids is 1. The van der Waals surface area contributed by atoms with Gasteiger partial charge in [0.1, 0.15) is 5.75 Å². The van der Waals surface area contributed by atoms with E-state index in [0.29, 0.717) is 28.4 Å². The Labute approximate surface area is 167 Å². The van der Waals surface area contributed by atoms with Gasteiger partial charge in [0.05, 0.1) is 21.3 Å². The average Bonchev–Trinajstić information content (AvgIpc) is 3.23. The number of carbonyl (C=O) groups excluding carboxylic acids is 1. The number of hydrogen-bond acceptors (Lipinski definition) is 8. The van der Waals surface area contributed by atoms with Crippen LogP contribution in [0.15, 0.2) is 47.0 Å². The van der Waals surface area contributed by atoms with Crippen LogP contribution in [0.5, 0.6) is 17.2 Å². The van der Waals surface area contributed by atoms with Gasteiger partial charge in [-0.25, -0.2) is 0 Å². The zero-order valence-electron chi connectivity index (χ0n) is 16.2. The molecule has 0 atom stereocenters. The lowest BCUT2D eigenvalue weighted by atomic mass is 10.1. The maximum absolute atomic E-state index is 11.2. The van der Waals surface area contributed by atoms with Crippen LogP contribution in [0.2, 0.25) is 0 Å². The Bertz CT molecular complexity index is 1040. The van der Waals surface area contributed by atoms with Gasteiger partial charge < -0.3 is 28.6 Å². The lowest BCUT2D eigenvalue weighted by Crippen LogP contribution is -2.22. The molecule has 0 N–H and O–H groups in total. The van der Waals surface area contributed by atoms with Crippen LogP contribution >= 0.6 is 0 Å². The number of carboxylic acids is 1. The summed E-state index contributed by atoms with van der Waals surface area (Å²) in [7, 11) is 4.62. The van der Waals surface area contributed by atoms with E-state index in [4.69, 9.17) is 18.7 Å². The molecule has 0 aliphatic rings. The smallest absolute Gasteiger partial charge is 0.254 e. The summed E-state index contributed by atoms with van der Waals surface area (Å²) < 4.78 is 21.0. The molecule has 29 heavy (non-hydrogen) atoms. The second-order valence-corrected chi connectivity index (χ2v) is 5.99. The van der Waals surface area contributed by atoms with Gasteiger partial charge in [0.25, 0.3) is 5.89 Å². The van der Waals surface area contributed by atoms with Gasteiger partial charge in [0.2, 0.25) is 5.82 Å². The SMILES string of the molecule is COc1cccc(/C=C(\CC(=O)[O-])c2nc(-c3ccc(OC)c(OC)c3)no2)c1. The molecule has 0 fully saturated rings. The number of carboxylic acid groups (broad SMARTS) is 1. The minimum Gasteiger partial charge on any atom is -0.550 e. The average molecular weight is 395 g/mol. The van der Waals surface area contributed by atoms with Crippen LogP contribution in [-0.2, 0) is 4.79 Å². The summed E-state index contributed by atoms with van der Waals surface area (Å²) in [5, 5.41) is 15.2. The second kappa shape index (κ2) is 8.92. The highest BCUT2D eigenvalue weighted by Crippen LogP contribution is 2.32. The molecule has 8 heteroatoms. The Morgan fingerprint density at radius 1 is 1.07 bits per heavy atom. The Balaban J connectivity index is 1.97. The maximum Gasteiger partial charge on any atom is 0.254 e. The standard InChI is InChI=1S/C21H20N2O6/c1-26-16-6-4-5-13(10-16)9-15(12-19(24)25)21-22-20(23-29-21)14-7-8-17(27-2)18(11-14)28-3/h4-11H,12H2,1-3H3,(H,24,25)/p-1/b15-9+. The molecule has 3 aromatic rings. The molecule has 0 spiro atoms. The molecule has 0 unspecified atom stereocenters. The Morgan fingerprint density at radius 3 is 2.55 bits per heavy atom. The minimum absolute atomic E-state index is 0.0850. The van der Waals surface area contributed by atoms with E-state index in [2.05, 4.69) is 10.1 Å². The number of hydrogen-bond donors (Lipinski definition) is 0. The first kappa shape index (κ1) is 19.9. The van der Waals surface area contributed by atoms with Crippen LogP contribution in [-0.4, -0.2) is 37.4 Å². The lowest BCUT2D eigenvalue weighted by Gasteiger charge is -2.07. The van der Waals surface area contributed by atoms with E-state index in [-0.39, 0.29) is 18.1 Å². The molecule has 0 aliphatic carbocycles. The van der Waals surface area contributed by atoms with Crippen molar-refractivity contribution in [3.63, 3.8) is 0 Å². The number of aromatic nitrogens is 2. The number of benzene rings is 2. The Morgan fingerprint density at radius 2 is 1.86 bits per heavy atom. The highest BCUT2D eigenvalue weighted by Gasteiger charge is 2.15. The molecule has 0 bridgehead atoms. The molecule has 2 aromatic carbocycles. The molecule has 0 amide bonds. The van der Waals surface area contributed by atoms with Crippen molar-refractivity contribution in [2.45, 2.75) is 6.42 Å². The van der Waals surface area contributed by atoms with E-state index in [1.807, 2.05) is 6.07 Å². The van der Waals surface area contributed by atoms with E-state index < -0.39 is 5.97 Å². The van der Waals surface area contributed by atoms with E-state index >= 15 is 0 Å². The second-order valence-electron chi connectivity index (χ2n) is 5.99. The molecule has 1 heterocycles. The molecule has 8 nitrogen and oxygen atoms in total. The summed E-state index contributed by atoms with van der Waals surface area (Å²) in [6.45, 7) is 0. The number of nitrogens with zero attached hydrogens (tertiary/aromatic N) is 2. The van der Waals surface area contributed by atoms with E-state index in [1.54, 1.807) is 56.7 Å². The van der Waals surface area contributed by atoms with Crippen LogP contribution in [0.4, 0.5) is 0 Å². The van der Waals surface area contributed by atoms with Gasteiger partial charge in [-0.1, -0.05) is 17.3 Å². The summed E-state index contributed by atoms with van der Waals surface area (Å²) in [6, 6.07) is 12.3. The number of ether oxygens (including phenoxy) is 3. The van der Waals surface area contributed by atoms with E-state index in [1.165, 1.54) is 7.11 Å². The lowest BCUT2D eigenvalue weighted by molar-refractivity contribution is -0.304. The summed E-state index contributed by atoms with van der Waals surface area (Å²) in [5.41, 5.74) is 1.68. The normalized spacial score (nSPS) is 11.2. The highest BCUT2D eigenvalue weighted by atomic mass is 16.5. The van der Waals surface area contributed by atoms with Gasteiger partial charge >= 0.3 is 0 Å². The van der Waals surface area contributed by atoms with Gasteiger partial charge in [0, 0.05) is 23.5 Å². The molecule has 0 radical (unpaired) electrons. The fraction of sp³-hybridized carbons (Fsp3) is 0.190. The summed E-state index contributed by atoms with van der Waals surface area (Å²) in [5.74, 6) is 0.833. The Kier molecular flexibility index (Phi) is 6.13. The van der Waals surface area contributed by atoms with Crippen LogP contribution < -0.4 is 19.3 Å². The third kappa shape index (κ3) is 4.73. The van der Waals surface area contributed by atoms with Crippen molar-refractivity contribution < 1.29 is 28.6 Å². The number of rotatable bonds is 8. The minimum atomic E-state index is -1.26. The quantitative estimate of drug-likeness (QED) is 0.572. The molecular weight excluding hydrogens is 376 g/mol. The first-order valence-corrected chi connectivity index (χ1v) is 8.65. The highest BCUT2D eigenvalue weighted by molar-refractivity contribution is 5.89. The van der Waals surface area contributed by atoms with Crippen LogP contribution in [0.1, 0.15) is 17.9 Å². The van der Waals surface area contributed by atoms with Crippen LogP contribution in [0.25, 0.3) is 23.0 Å². The summed E-state index contributed by atoms with van der Waals surface area (Å²) in [4.78, 5) is 15.6. The van der Waals surface area contributed by atoms with Gasteiger partial charge in [-0.15, -0.1) is 0 Å². The van der Waals surface area contributed by atoms with Crippen molar-refractivity contribution in [3.8, 4) is 28.6 Å². The van der Waals surface area contributed by atoms with Crippen molar-refractivity contribution in [2.24, 2.45) is 0 Å². The summed E-state index contributed by atoms with van der Waals surface area (Å²) in [6.07, 6.45) is 1.26. The van der Waals surface area contributed by atoms with Gasteiger partial charge in [0.15, 0.2) is 11.5 Å². The third-order valence-electron chi connectivity index (χ3n) is 4.11. The van der Waals surface area contributed by atoms with Crippen LogP contribution in [0.3, 0.4) is 0 Å². The van der Waals surface area contributed by atoms with Crippen molar-refractivity contribution in [1.82, 2.24) is 10.1 Å². The van der Waals surface area contributed by atoms with Crippen molar-refractivity contribution in [2.75, 3.05) is 21.3 Å². The Hall–Kier alpha value is -3.81. The molecule has 0 saturated heterocycles. The zero-order valence-corrected chi connectivity index (χ0v) is 16.2. The zero-order chi connectivity index (χ0) is 20.8. The molecule has 1 aromatic heterocycles. The molecule has 0 saturated carbocycles. The molecule has 3 rings (SSSR count). The molecular formula is C21H19N2O6-. The van der Waals surface area contributed by atoms with Crippen molar-refractivity contribution >= 4 is 17.6 Å². The van der Waals surface area contributed by atoms with Gasteiger partial charge in [-0.05, 0) is 42.0 Å². The monoisotopic (exact) mass is 395 g/mol. The molecule has 150 valence electrons. The fourth-order valence-corrected chi connectivity index (χ4v) is 2.72. The molecule has 0 aliphatic heterocycles. The topological polar surface area (TPSA) is 107 Å². The van der Waals surface area contributed by atoms with Crippen LogP contribution in [0, 0.1) is 0 Å². The maximum atomic E-state index is 11.2. The van der Waals surface area contributed by atoms with E-state index in [0.717, 1.165) is 5.56 Å². The predicted octanol–water partition coefficient (Wildman–Crippen LogP) is 2.44.